The summed E-state index contributed by atoms with van der Waals surface area (Å²) in [7, 11) is 1.57. The summed E-state index contributed by atoms with van der Waals surface area (Å²) >= 11 is 3.45. The van der Waals surface area contributed by atoms with Gasteiger partial charge in [-0.1, -0.05) is 22.5 Å². The zero-order valence-corrected chi connectivity index (χ0v) is 14.1. The summed E-state index contributed by atoms with van der Waals surface area (Å²) in [6, 6.07) is 5.66. The van der Waals surface area contributed by atoms with E-state index in [2.05, 4.69) is 27.8 Å². The lowest BCUT2D eigenvalue weighted by Crippen LogP contribution is -2.39. The van der Waals surface area contributed by atoms with E-state index in [9.17, 15) is 9.59 Å². The van der Waals surface area contributed by atoms with Gasteiger partial charge in [0.25, 0.3) is 0 Å². The van der Waals surface area contributed by atoms with Gasteiger partial charge in [0.05, 0.1) is 19.2 Å². The summed E-state index contributed by atoms with van der Waals surface area (Å²) in [4.78, 5) is 24.9. The molecule has 0 spiro atoms. The first kappa shape index (κ1) is 16.5. The van der Waals surface area contributed by atoms with E-state index in [0.717, 1.165) is 28.6 Å². The number of ether oxygens (including phenoxy) is 1. The molecule has 1 atom stereocenters. The van der Waals surface area contributed by atoms with Gasteiger partial charge >= 0.3 is 0 Å². The van der Waals surface area contributed by atoms with Crippen LogP contribution in [0.25, 0.3) is 0 Å². The van der Waals surface area contributed by atoms with Crippen LogP contribution in [0.1, 0.15) is 24.4 Å². The number of hydrogen-bond donors (Lipinski definition) is 1. The van der Waals surface area contributed by atoms with Crippen LogP contribution >= 0.6 is 15.9 Å². The van der Waals surface area contributed by atoms with E-state index in [1.807, 2.05) is 18.2 Å². The zero-order chi connectivity index (χ0) is 16.1. The van der Waals surface area contributed by atoms with Crippen molar-refractivity contribution in [1.82, 2.24) is 10.2 Å². The summed E-state index contributed by atoms with van der Waals surface area (Å²) in [6.07, 6.45) is 2.85. The Kier molecular flexibility index (Phi) is 5.60. The van der Waals surface area contributed by atoms with Crippen molar-refractivity contribution in [3.05, 3.63) is 40.9 Å². The summed E-state index contributed by atoms with van der Waals surface area (Å²) in [6.45, 7) is 4.05. The summed E-state index contributed by atoms with van der Waals surface area (Å²) in [5.41, 5.74) is 0.956. The number of fused-ring (bicyclic) bond motifs is 1. The number of amides is 2. The number of benzene rings is 1. The topological polar surface area (TPSA) is 58.6 Å². The molecular formula is C16H19BrN2O3. The van der Waals surface area contributed by atoms with E-state index in [0.29, 0.717) is 6.61 Å². The lowest BCUT2D eigenvalue weighted by Gasteiger charge is -2.21. The van der Waals surface area contributed by atoms with Crippen LogP contribution in [0, 0.1) is 0 Å². The molecule has 1 aromatic carbocycles. The number of nitrogens with zero attached hydrogens (tertiary/aromatic N) is 1. The van der Waals surface area contributed by atoms with Crippen molar-refractivity contribution >= 4 is 27.7 Å². The number of nitrogens with one attached hydrogen (secondary N) is 1. The molecule has 0 radical (unpaired) electrons. The Hall–Kier alpha value is -1.82. The molecule has 22 heavy (non-hydrogen) atoms. The summed E-state index contributed by atoms with van der Waals surface area (Å²) in [5.74, 6) is 0.319. The van der Waals surface area contributed by atoms with Crippen molar-refractivity contribution in [2.75, 3.05) is 20.2 Å². The molecule has 0 aromatic heterocycles. The lowest BCUT2D eigenvalue weighted by atomic mass is 10.0. The van der Waals surface area contributed by atoms with E-state index in [1.54, 1.807) is 7.05 Å². The fourth-order valence-corrected chi connectivity index (χ4v) is 2.77. The number of carbonyl (C=O) groups is 2. The minimum atomic E-state index is -0.275. The van der Waals surface area contributed by atoms with Crippen LogP contribution in [0.5, 0.6) is 5.75 Å². The average molecular weight is 367 g/mol. The molecule has 0 bridgehead atoms. The van der Waals surface area contributed by atoms with Crippen molar-refractivity contribution in [1.29, 1.82) is 0 Å². The third-order valence-corrected chi connectivity index (χ3v) is 4.00. The highest BCUT2D eigenvalue weighted by atomic mass is 79.9. The maximum atomic E-state index is 12.2. The number of rotatable bonds is 4. The van der Waals surface area contributed by atoms with Gasteiger partial charge < -0.3 is 15.0 Å². The Bertz CT molecular complexity index is 589. The average Bonchev–Trinajstić information content (AvgIpc) is 2.68. The molecule has 1 N–H and O–H groups in total. The van der Waals surface area contributed by atoms with E-state index in [-0.39, 0.29) is 24.4 Å². The van der Waals surface area contributed by atoms with Crippen molar-refractivity contribution < 1.29 is 14.3 Å². The predicted molar refractivity (Wildman–Crippen MR) is 87.6 cm³/mol. The van der Waals surface area contributed by atoms with Crippen LogP contribution < -0.4 is 10.1 Å². The molecule has 1 aliphatic rings. The molecule has 118 valence electrons. The molecule has 6 heteroatoms. The van der Waals surface area contributed by atoms with Gasteiger partial charge in [0.1, 0.15) is 5.75 Å². The summed E-state index contributed by atoms with van der Waals surface area (Å²) < 4.78 is 6.64. The highest BCUT2D eigenvalue weighted by molar-refractivity contribution is 9.10. The second kappa shape index (κ2) is 7.45. The van der Waals surface area contributed by atoms with Crippen LogP contribution in [-0.2, 0) is 9.59 Å². The maximum absolute atomic E-state index is 12.2. The summed E-state index contributed by atoms with van der Waals surface area (Å²) in [5, 5.41) is 2.98. The van der Waals surface area contributed by atoms with E-state index in [4.69, 9.17) is 4.74 Å². The third kappa shape index (κ3) is 4.10. The van der Waals surface area contributed by atoms with Gasteiger partial charge in [-0.3, -0.25) is 9.59 Å². The zero-order valence-electron chi connectivity index (χ0n) is 12.5. The van der Waals surface area contributed by atoms with Gasteiger partial charge in [0.2, 0.25) is 11.8 Å². The fourth-order valence-electron chi connectivity index (χ4n) is 2.39. The van der Waals surface area contributed by atoms with Gasteiger partial charge in [-0.05, 0) is 37.1 Å². The first-order valence-corrected chi connectivity index (χ1v) is 7.89. The van der Waals surface area contributed by atoms with E-state index in [1.165, 1.54) is 11.0 Å². The Labute approximate surface area is 138 Å². The quantitative estimate of drug-likeness (QED) is 0.832. The van der Waals surface area contributed by atoms with E-state index >= 15 is 0 Å². The molecule has 0 saturated heterocycles. The van der Waals surface area contributed by atoms with Crippen LogP contribution in [0.2, 0.25) is 0 Å². The largest absolute Gasteiger partial charge is 0.493 e. The highest BCUT2D eigenvalue weighted by Crippen LogP contribution is 2.33. The lowest BCUT2D eigenvalue weighted by molar-refractivity contribution is -0.131. The number of likely N-dealkylation sites (N-methyl/N-ethyl adjacent to an activating group) is 1. The second-order valence-corrected chi connectivity index (χ2v) is 6.11. The number of carbonyl (C=O) groups excluding carboxylic acids is 2. The van der Waals surface area contributed by atoms with Gasteiger partial charge in [-0.2, -0.15) is 0 Å². The molecule has 0 aliphatic carbocycles. The Balaban J connectivity index is 2.09. The fraction of sp³-hybridized carbons (Fsp3) is 0.375. The van der Waals surface area contributed by atoms with Gasteiger partial charge in [-0.15, -0.1) is 0 Å². The Morgan fingerprint density at radius 1 is 1.55 bits per heavy atom. The standard InChI is InChI=1S/C16H19BrN2O3/c1-3-16(21)19(2)10-15(20)18-13-5-4-8-22-14-7-6-11(17)9-12(13)14/h3,6-7,9,13H,1,4-5,8,10H2,2H3,(H,18,20). The molecule has 1 unspecified atom stereocenters. The maximum Gasteiger partial charge on any atom is 0.246 e. The Morgan fingerprint density at radius 3 is 3.05 bits per heavy atom. The van der Waals surface area contributed by atoms with Crippen molar-refractivity contribution in [3.63, 3.8) is 0 Å². The van der Waals surface area contributed by atoms with E-state index < -0.39 is 0 Å². The molecule has 2 amide bonds. The minimum absolute atomic E-state index is 0.00550. The molecule has 1 aromatic rings. The number of halogens is 1. The minimum Gasteiger partial charge on any atom is -0.493 e. The van der Waals surface area contributed by atoms with Crippen molar-refractivity contribution in [2.24, 2.45) is 0 Å². The second-order valence-electron chi connectivity index (χ2n) is 5.19. The van der Waals surface area contributed by atoms with Crippen LogP contribution in [0.3, 0.4) is 0 Å². The third-order valence-electron chi connectivity index (χ3n) is 3.51. The molecular weight excluding hydrogens is 348 g/mol. The molecule has 1 heterocycles. The molecule has 0 saturated carbocycles. The normalized spacial score (nSPS) is 16.7. The predicted octanol–water partition coefficient (Wildman–Crippen LogP) is 2.42. The first-order chi connectivity index (χ1) is 10.5. The van der Waals surface area contributed by atoms with Crippen molar-refractivity contribution in [2.45, 2.75) is 18.9 Å². The van der Waals surface area contributed by atoms with Crippen LogP contribution in [0.15, 0.2) is 35.3 Å². The number of hydrogen-bond acceptors (Lipinski definition) is 3. The highest BCUT2D eigenvalue weighted by Gasteiger charge is 2.22. The SMILES string of the molecule is C=CC(=O)N(C)CC(=O)NC1CCCOc2ccc(Br)cc21. The Morgan fingerprint density at radius 2 is 2.32 bits per heavy atom. The van der Waals surface area contributed by atoms with Crippen molar-refractivity contribution in [3.8, 4) is 5.75 Å². The first-order valence-electron chi connectivity index (χ1n) is 7.10. The van der Waals surface area contributed by atoms with Crippen LogP contribution in [-0.4, -0.2) is 36.9 Å². The molecule has 5 nitrogen and oxygen atoms in total. The smallest absolute Gasteiger partial charge is 0.246 e. The monoisotopic (exact) mass is 366 g/mol. The molecule has 1 aliphatic heterocycles. The van der Waals surface area contributed by atoms with Gasteiger partial charge in [0, 0.05) is 17.1 Å². The van der Waals surface area contributed by atoms with Crippen LogP contribution in [0.4, 0.5) is 0 Å². The molecule has 2 rings (SSSR count). The van der Waals surface area contributed by atoms with Gasteiger partial charge in [0.15, 0.2) is 0 Å². The van der Waals surface area contributed by atoms with Gasteiger partial charge in [-0.25, -0.2) is 0 Å². The molecule has 0 fully saturated rings.